The summed E-state index contributed by atoms with van der Waals surface area (Å²) in [5, 5.41) is 28.7. The zero-order valence-corrected chi connectivity index (χ0v) is 77.1. The van der Waals surface area contributed by atoms with E-state index in [4.69, 9.17) is 28.4 Å². The summed E-state index contributed by atoms with van der Waals surface area (Å²) < 4.78 is 34.3. The molecule has 9 aliphatic rings. The second kappa shape index (κ2) is 45.0. The number of nitrogens with zero attached hydrogens (tertiary/aromatic N) is 15. The van der Waals surface area contributed by atoms with Gasteiger partial charge in [-0.1, -0.05) is 101 Å². The van der Waals surface area contributed by atoms with Gasteiger partial charge in [0.15, 0.2) is 0 Å². The molecule has 6 aromatic heterocycles. The van der Waals surface area contributed by atoms with Crippen molar-refractivity contribution in [3.63, 3.8) is 0 Å². The average molecular weight is 1660 g/mol. The van der Waals surface area contributed by atoms with Crippen molar-refractivity contribution in [3.05, 3.63) is 161 Å². The molecule has 0 aromatic carbocycles. The van der Waals surface area contributed by atoms with Crippen molar-refractivity contribution >= 4 is 17.1 Å². The molecule has 120 heavy (non-hydrogen) atoms. The molecule has 15 rings (SSSR count). The molecule has 0 aliphatic carbocycles. The number of morpholine rings is 6. The van der Waals surface area contributed by atoms with Gasteiger partial charge in [0.2, 0.25) is 0 Å². The number of ether oxygens (including phenoxy) is 6. The maximum absolute atomic E-state index is 9.58. The first-order chi connectivity index (χ1) is 57.2. The SMILES string of the molecule is CC(C)c1ccc(C(C)N2CCOCC2)cn1.CC(C)c1ccc(N2CCOC(C(C)(C)N3CC(O)C3)C2)cn1.CC(C)c1ccc(N2CCO[C@@H](C(C)(C)N3CC(O)C3)C2)cn1.CC(C)c1ccc(N2CCO[C@H](C(C)(C)N3CC(O)C3)C2)cn1.CC(C)c1ccc([C@@H](C)N2CCOCC2)cn1.CC(C)c1ccc([C@H](C)N2CCOCC2)cn1. The van der Waals surface area contributed by atoms with Gasteiger partial charge in [0, 0.05) is 205 Å². The van der Waals surface area contributed by atoms with Crippen molar-refractivity contribution in [2.75, 3.05) is 192 Å². The lowest BCUT2D eigenvalue weighted by molar-refractivity contribution is -0.121. The van der Waals surface area contributed by atoms with Gasteiger partial charge in [-0.3, -0.25) is 59.3 Å². The maximum atomic E-state index is 9.58. The van der Waals surface area contributed by atoms with E-state index in [1.807, 2.05) is 37.2 Å². The van der Waals surface area contributed by atoms with Crippen LogP contribution < -0.4 is 14.7 Å². The first-order valence-corrected chi connectivity index (χ1v) is 45.3. The molecule has 9 saturated heterocycles. The number of pyridine rings is 6. The van der Waals surface area contributed by atoms with E-state index in [2.05, 4.69) is 292 Å². The molecule has 0 amide bonds. The molecule has 3 N–H and O–H groups in total. The van der Waals surface area contributed by atoms with E-state index < -0.39 is 0 Å². The lowest BCUT2D eigenvalue weighted by atomic mass is 9.89. The van der Waals surface area contributed by atoms with Gasteiger partial charge in [0.05, 0.1) is 132 Å². The average Bonchev–Trinajstić information content (AvgIpc) is 0.784. The largest absolute Gasteiger partial charge is 0.390 e. The number of aromatic nitrogens is 6. The highest BCUT2D eigenvalue weighted by Crippen LogP contribution is 2.36. The molecule has 666 valence electrons. The minimum atomic E-state index is -0.179. The van der Waals surface area contributed by atoms with Gasteiger partial charge in [0.25, 0.3) is 0 Å². The number of hydrogen-bond acceptors (Lipinski definition) is 24. The Hall–Kier alpha value is -6.30. The first-order valence-electron chi connectivity index (χ1n) is 45.3. The van der Waals surface area contributed by atoms with Crippen molar-refractivity contribution in [1.29, 1.82) is 0 Å². The van der Waals surface area contributed by atoms with Gasteiger partial charge < -0.3 is 58.4 Å². The molecule has 0 spiro atoms. The molecule has 24 nitrogen and oxygen atoms in total. The zero-order chi connectivity index (χ0) is 86.6. The molecule has 6 atom stereocenters. The fourth-order valence-corrected chi connectivity index (χ4v) is 16.6. The van der Waals surface area contributed by atoms with E-state index >= 15 is 0 Å². The second-order valence-corrected chi connectivity index (χ2v) is 37.8. The molecule has 15 heterocycles. The molecular weight excluding hydrogens is 1510 g/mol. The lowest BCUT2D eigenvalue weighted by Gasteiger charge is -2.52. The summed E-state index contributed by atoms with van der Waals surface area (Å²) in [6.45, 7) is 69.3. The van der Waals surface area contributed by atoms with E-state index in [1.54, 1.807) is 0 Å². The van der Waals surface area contributed by atoms with Gasteiger partial charge >= 0.3 is 0 Å². The highest BCUT2D eigenvalue weighted by molar-refractivity contribution is 5.48. The summed E-state index contributed by atoms with van der Waals surface area (Å²) in [5.41, 5.74) is 14.1. The molecule has 0 bridgehead atoms. The number of β-amino-alcohol motifs (C(OH)–C–C–N with tert-alkyl or cyclic N) is 3. The van der Waals surface area contributed by atoms with Crippen molar-refractivity contribution < 1.29 is 43.7 Å². The molecule has 2 unspecified atom stereocenters. The second-order valence-electron chi connectivity index (χ2n) is 37.8. The molecule has 9 fully saturated rings. The van der Waals surface area contributed by atoms with Gasteiger partial charge in [-0.2, -0.15) is 0 Å². The predicted octanol–water partition coefficient (Wildman–Crippen LogP) is 13.4. The van der Waals surface area contributed by atoms with Crippen LogP contribution in [0.1, 0.15) is 250 Å². The monoisotopic (exact) mass is 1660 g/mol. The third-order valence-electron chi connectivity index (χ3n) is 26.2. The zero-order valence-electron chi connectivity index (χ0n) is 77.1. The number of anilines is 3. The Morgan fingerprint density at radius 2 is 0.483 bits per heavy atom. The van der Waals surface area contributed by atoms with Crippen LogP contribution in [0.25, 0.3) is 0 Å². The summed E-state index contributed by atoms with van der Waals surface area (Å²) in [6.07, 6.45) is 11.9. The summed E-state index contributed by atoms with van der Waals surface area (Å²) >= 11 is 0. The number of hydrogen-bond donors (Lipinski definition) is 3. The Bertz CT molecular complexity index is 3500. The van der Waals surface area contributed by atoms with Crippen LogP contribution in [0.2, 0.25) is 0 Å². The van der Waals surface area contributed by atoms with Crippen molar-refractivity contribution in [1.82, 2.24) is 59.3 Å². The van der Waals surface area contributed by atoms with Crippen LogP contribution in [0, 0.1) is 0 Å². The Morgan fingerprint density at radius 1 is 0.275 bits per heavy atom. The maximum Gasteiger partial charge on any atom is 0.0928 e. The topological polar surface area (TPSA) is 223 Å². The third-order valence-corrected chi connectivity index (χ3v) is 26.2. The van der Waals surface area contributed by atoms with Crippen LogP contribution in [0.15, 0.2) is 110 Å². The minimum Gasteiger partial charge on any atom is -0.390 e. The van der Waals surface area contributed by atoms with Crippen molar-refractivity contribution in [3.8, 4) is 0 Å². The Kier molecular flexibility index (Phi) is 36.0. The van der Waals surface area contributed by atoms with Crippen LogP contribution in [-0.2, 0) is 28.4 Å². The van der Waals surface area contributed by atoms with Gasteiger partial charge in [-0.05, 0) is 169 Å². The van der Waals surface area contributed by atoms with E-state index in [-0.39, 0.29) is 53.2 Å². The van der Waals surface area contributed by atoms with Gasteiger partial charge in [-0.25, -0.2) is 0 Å². The number of likely N-dealkylation sites (tertiary alicyclic amines) is 3. The van der Waals surface area contributed by atoms with Gasteiger partial charge in [0.1, 0.15) is 0 Å². The quantitative estimate of drug-likeness (QED) is 0.0609. The predicted molar refractivity (Wildman–Crippen MR) is 483 cm³/mol. The fraction of sp³-hybridized carbons (Fsp3) is 0.688. The van der Waals surface area contributed by atoms with Crippen LogP contribution in [0.5, 0.6) is 0 Å². The van der Waals surface area contributed by atoms with Crippen LogP contribution in [0.3, 0.4) is 0 Å². The Morgan fingerprint density at radius 3 is 0.658 bits per heavy atom. The minimum absolute atomic E-state index is 0.0663. The van der Waals surface area contributed by atoms with Crippen molar-refractivity contribution in [2.45, 2.75) is 252 Å². The highest BCUT2D eigenvalue weighted by atomic mass is 16.5. The number of rotatable bonds is 21. The van der Waals surface area contributed by atoms with Crippen LogP contribution in [-0.4, -0.2) is 305 Å². The van der Waals surface area contributed by atoms with E-state index in [1.165, 1.54) is 50.8 Å². The van der Waals surface area contributed by atoms with Crippen LogP contribution in [0.4, 0.5) is 17.1 Å². The molecule has 6 aromatic rings. The van der Waals surface area contributed by atoms with Gasteiger partial charge in [-0.15, -0.1) is 0 Å². The molecule has 0 saturated carbocycles. The Balaban J connectivity index is 0.000000152. The van der Waals surface area contributed by atoms with E-state index in [9.17, 15) is 15.3 Å². The molecular formula is C96H153N15O9. The number of aliphatic hydroxyl groups is 3. The fourth-order valence-electron chi connectivity index (χ4n) is 16.6. The normalized spacial score (nSPS) is 22.1. The highest BCUT2D eigenvalue weighted by Gasteiger charge is 2.47. The summed E-state index contributed by atoms with van der Waals surface area (Å²) in [7, 11) is 0. The molecule has 24 heteroatoms. The molecule has 0 radical (unpaired) electrons. The van der Waals surface area contributed by atoms with E-state index in [0.717, 1.165) is 194 Å². The number of aliphatic hydroxyl groups excluding tert-OH is 3. The van der Waals surface area contributed by atoms with Crippen molar-refractivity contribution in [2.24, 2.45) is 0 Å². The smallest absolute Gasteiger partial charge is 0.0928 e. The molecule has 9 aliphatic heterocycles. The summed E-state index contributed by atoms with van der Waals surface area (Å²) in [4.78, 5) is 48.8. The summed E-state index contributed by atoms with van der Waals surface area (Å²) in [6, 6.07) is 27.3. The third kappa shape index (κ3) is 26.4. The summed E-state index contributed by atoms with van der Waals surface area (Å²) in [5.74, 6) is 2.88. The standard InChI is InChI=1S/3C18H29N3O2.3C14H22N2O/c3*1-13(2)16-6-5-14(9-19-16)20-7-8-23-17(12-20)18(3,4)21-10-15(22)11-21;3*1-11(2)14-5-4-13(10-15-14)12(3)16-6-8-17-9-7-16/h3*5-6,9,13,15,17,22H,7-8,10-12H2,1-4H3;3*4-5,10-12H,6-9H2,1-3H3/t2*17-;;2*12-;/m10.10./s1. The first kappa shape index (κ1) is 95.9. The van der Waals surface area contributed by atoms with E-state index in [0.29, 0.717) is 53.6 Å². The lowest BCUT2D eigenvalue weighted by Crippen LogP contribution is -2.67. The van der Waals surface area contributed by atoms with Crippen LogP contribution >= 0.6 is 0 Å². The Labute approximate surface area is 721 Å².